The fourth-order valence-electron chi connectivity index (χ4n) is 5.13. The van der Waals surface area contributed by atoms with Gasteiger partial charge >= 0.3 is 5.97 Å². The summed E-state index contributed by atoms with van der Waals surface area (Å²) in [5.41, 5.74) is 2.35. The Morgan fingerprint density at radius 3 is 2.78 bits per heavy atom. The van der Waals surface area contributed by atoms with Crippen LogP contribution < -0.4 is 4.74 Å². The summed E-state index contributed by atoms with van der Waals surface area (Å²) in [5.74, 6) is -1.92. The SMILES string of the molecule is N#Cc1ccc(COc2nc3c(cc2Cl)CCN(Cc2nc4ccc(C(=O)O)c(F)c4n2C[C@@H]2CCO2)C3)c(F)c1. The van der Waals surface area contributed by atoms with Gasteiger partial charge in [-0.25, -0.2) is 23.5 Å². The zero-order valence-corrected chi connectivity index (χ0v) is 22.5. The van der Waals surface area contributed by atoms with E-state index in [9.17, 15) is 14.3 Å². The zero-order valence-electron chi connectivity index (χ0n) is 21.7. The van der Waals surface area contributed by atoms with E-state index in [-0.39, 0.29) is 35.2 Å². The Labute approximate surface area is 238 Å². The normalized spacial score (nSPS) is 16.7. The molecule has 0 spiro atoms. The lowest BCUT2D eigenvalue weighted by molar-refractivity contribution is -0.0592. The number of benzene rings is 2. The highest BCUT2D eigenvalue weighted by molar-refractivity contribution is 6.31. The van der Waals surface area contributed by atoms with Crippen LogP contribution >= 0.6 is 11.6 Å². The number of aromatic carboxylic acids is 1. The highest BCUT2D eigenvalue weighted by atomic mass is 35.5. The molecule has 41 heavy (non-hydrogen) atoms. The maximum atomic E-state index is 15.3. The summed E-state index contributed by atoms with van der Waals surface area (Å²) in [6.07, 6.45) is 1.40. The number of halogens is 3. The molecular weight excluding hydrogens is 556 g/mol. The van der Waals surface area contributed by atoms with Crippen molar-refractivity contribution in [1.29, 1.82) is 5.26 Å². The van der Waals surface area contributed by atoms with Crippen molar-refractivity contribution < 1.29 is 28.2 Å². The number of carboxylic acids is 1. The molecule has 0 radical (unpaired) electrons. The first-order chi connectivity index (χ1) is 19.8. The van der Waals surface area contributed by atoms with Gasteiger partial charge in [0.15, 0.2) is 5.82 Å². The van der Waals surface area contributed by atoms with Crippen molar-refractivity contribution in [1.82, 2.24) is 19.4 Å². The molecule has 4 aromatic rings. The van der Waals surface area contributed by atoms with Crippen molar-refractivity contribution in [2.24, 2.45) is 0 Å². The molecule has 1 atom stereocenters. The van der Waals surface area contributed by atoms with E-state index in [1.54, 1.807) is 10.6 Å². The smallest absolute Gasteiger partial charge is 0.338 e. The second-order valence-corrected chi connectivity index (χ2v) is 10.5. The van der Waals surface area contributed by atoms with E-state index >= 15 is 4.39 Å². The van der Waals surface area contributed by atoms with Crippen LogP contribution in [-0.2, 0) is 37.4 Å². The largest absolute Gasteiger partial charge is 0.478 e. The summed E-state index contributed by atoms with van der Waals surface area (Å²) in [7, 11) is 0. The average molecular weight is 580 g/mol. The number of carbonyl (C=O) groups is 1. The van der Waals surface area contributed by atoms with Crippen LogP contribution in [-0.4, -0.2) is 49.8 Å². The number of carboxylic acid groups (broad SMARTS) is 1. The molecule has 1 N–H and O–H groups in total. The highest BCUT2D eigenvalue weighted by Crippen LogP contribution is 2.31. The zero-order chi connectivity index (χ0) is 28.7. The van der Waals surface area contributed by atoms with Gasteiger partial charge in [-0.15, -0.1) is 0 Å². The van der Waals surface area contributed by atoms with Gasteiger partial charge in [-0.2, -0.15) is 5.26 Å². The molecule has 0 amide bonds. The number of nitriles is 1. The fourth-order valence-corrected chi connectivity index (χ4v) is 5.36. The minimum absolute atomic E-state index is 0.0921. The van der Waals surface area contributed by atoms with Crippen LogP contribution in [0.4, 0.5) is 8.78 Å². The molecule has 0 bridgehead atoms. The first kappa shape index (κ1) is 27.1. The van der Waals surface area contributed by atoms with Gasteiger partial charge < -0.3 is 19.1 Å². The van der Waals surface area contributed by atoms with E-state index in [1.165, 1.54) is 24.3 Å². The third kappa shape index (κ3) is 5.34. The van der Waals surface area contributed by atoms with Gasteiger partial charge in [0.05, 0.1) is 47.6 Å². The average Bonchev–Trinajstić information content (AvgIpc) is 3.27. The number of ether oxygens (including phenoxy) is 2. The topological polar surface area (TPSA) is 114 Å². The molecule has 2 aliphatic heterocycles. The van der Waals surface area contributed by atoms with Crippen LogP contribution in [0.25, 0.3) is 11.0 Å². The molecule has 2 aromatic heterocycles. The number of pyridine rings is 1. The fraction of sp³-hybridized carbons (Fsp3) is 0.310. The Balaban J connectivity index is 1.24. The molecule has 0 saturated carbocycles. The third-order valence-corrected chi connectivity index (χ3v) is 7.70. The van der Waals surface area contributed by atoms with Crippen LogP contribution in [0.1, 0.15) is 45.0 Å². The summed E-state index contributed by atoms with van der Waals surface area (Å²) in [4.78, 5) is 23.0. The van der Waals surface area contributed by atoms with Crippen molar-refractivity contribution in [3.63, 3.8) is 0 Å². The Morgan fingerprint density at radius 2 is 2.07 bits per heavy atom. The monoisotopic (exact) mass is 579 g/mol. The number of aromatic nitrogens is 3. The lowest BCUT2D eigenvalue weighted by Crippen LogP contribution is -2.34. The van der Waals surface area contributed by atoms with Crippen molar-refractivity contribution in [2.75, 3.05) is 13.2 Å². The van der Waals surface area contributed by atoms with E-state index in [4.69, 9.17) is 26.3 Å². The van der Waals surface area contributed by atoms with Gasteiger partial charge in [-0.1, -0.05) is 17.7 Å². The van der Waals surface area contributed by atoms with Gasteiger partial charge in [-0.05, 0) is 48.7 Å². The molecule has 2 aliphatic rings. The summed E-state index contributed by atoms with van der Waals surface area (Å²) < 4.78 is 42.7. The van der Waals surface area contributed by atoms with Crippen molar-refractivity contribution in [3.05, 3.63) is 86.8 Å². The summed E-state index contributed by atoms with van der Waals surface area (Å²) in [6, 6.07) is 10.6. The molecule has 210 valence electrons. The molecule has 0 unspecified atom stereocenters. The van der Waals surface area contributed by atoms with Crippen molar-refractivity contribution in [3.8, 4) is 11.9 Å². The van der Waals surface area contributed by atoms with Crippen LogP contribution in [0.3, 0.4) is 0 Å². The predicted molar refractivity (Wildman–Crippen MR) is 144 cm³/mol. The van der Waals surface area contributed by atoms with Gasteiger partial charge in [0.2, 0.25) is 5.88 Å². The van der Waals surface area contributed by atoms with Gasteiger partial charge in [0.1, 0.15) is 28.8 Å². The Kier molecular flexibility index (Phi) is 7.30. The standard InChI is InChI=1S/C29H24ClF2N5O4/c30-21-10-17-5-7-36(13-24(17)35-28(21)41-15-18-2-1-16(11-33)9-22(18)31)14-25-34-23-4-3-20(29(38)39)26(32)27(23)37(25)12-19-6-8-40-19/h1-4,9-10,19H,5-8,12-15H2,(H,38,39)/t19-/m0/s1. The quantitative estimate of drug-likeness (QED) is 0.315. The number of rotatable bonds is 8. The maximum Gasteiger partial charge on any atom is 0.338 e. The molecule has 9 nitrogen and oxygen atoms in total. The van der Waals surface area contributed by atoms with Crippen molar-refractivity contribution in [2.45, 2.75) is 45.2 Å². The van der Waals surface area contributed by atoms with Crippen LogP contribution in [0.2, 0.25) is 5.02 Å². The highest BCUT2D eigenvalue weighted by Gasteiger charge is 2.27. The molecule has 0 aliphatic carbocycles. The van der Waals surface area contributed by atoms with Gasteiger partial charge in [-0.3, -0.25) is 4.90 Å². The lowest BCUT2D eigenvalue weighted by atomic mass is 10.1. The molecule has 1 fully saturated rings. The minimum atomic E-state index is -1.34. The lowest BCUT2D eigenvalue weighted by Gasteiger charge is -2.30. The number of fused-ring (bicyclic) bond motifs is 2. The first-order valence-corrected chi connectivity index (χ1v) is 13.4. The van der Waals surface area contributed by atoms with E-state index in [2.05, 4.69) is 14.9 Å². The summed E-state index contributed by atoms with van der Waals surface area (Å²) >= 11 is 6.42. The minimum Gasteiger partial charge on any atom is -0.478 e. The molecule has 2 aromatic carbocycles. The molecular formula is C29H24ClF2N5O4. The maximum absolute atomic E-state index is 15.3. The van der Waals surface area contributed by atoms with Gasteiger partial charge in [0.25, 0.3) is 0 Å². The number of imidazole rings is 1. The van der Waals surface area contributed by atoms with E-state index in [0.29, 0.717) is 55.6 Å². The number of hydrogen-bond acceptors (Lipinski definition) is 7. The molecule has 1 saturated heterocycles. The molecule has 6 rings (SSSR count). The Morgan fingerprint density at radius 1 is 1.24 bits per heavy atom. The van der Waals surface area contributed by atoms with E-state index in [0.717, 1.165) is 23.7 Å². The third-order valence-electron chi connectivity index (χ3n) is 7.43. The summed E-state index contributed by atoms with van der Waals surface area (Å²) in [5, 5.41) is 18.7. The van der Waals surface area contributed by atoms with E-state index < -0.39 is 23.2 Å². The first-order valence-electron chi connectivity index (χ1n) is 13.0. The van der Waals surface area contributed by atoms with Crippen LogP contribution in [0.15, 0.2) is 36.4 Å². The number of hydrogen-bond donors (Lipinski definition) is 1. The molecule has 4 heterocycles. The second-order valence-electron chi connectivity index (χ2n) is 10.1. The number of nitrogens with zero attached hydrogens (tertiary/aromatic N) is 5. The Bertz CT molecular complexity index is 1720. The Hall–Kier alpha value is -4.11. The second kappa shape index (κ2) is 11.0. The van der Waals surface area contributed by atoms with Gasteiger partial charge in [0, 0.05) is 25.3 Å². The van der Waals surface area contributed by atoms with E-state index in [1.807, 2.05) is 6.07 Å². The van der Waals surface area contributed by atoms with Crippen LogP contribution in [0, 0.1) is 23.0 Å². The van der Waals surface area contributed by atoms with Crippen molar-refractivity contribution >= 4 is 28.6 Å². The predicted octanol–water partition coefficient (Wildman–Crippen LogP) is 4.86. The summed E-state index contributed by atoms with van der Waals surface area (Å²) in [6.45, 7) is 2.39. The molecule has 12 heteroatoms. The van der Waals surface area contributed by atoms with Crippen LogP contribution in [0.5, 0.6) is 5.88 Å².